The highest BCUT2D eigenvalue weighted by Crippen LogP contribution is 1.98. The summed E-state index contributed by atoms with van der Waals surface area (Å²) in [5.41, 5.74) is 0. The molecule has 0 aliphatic rings. The van der Waals surface area contributed by atoms with Crippen molar-refractivity contribution in [3.05, 3.63) is 0 Å². The standard InChI is InChI=1S/C13H25IN2O5/c14-21-8-4-2-6-13(20)16-10-11(18)9-15-12(19)5-1-3-7-17/h11,17-18H,1-10H2,(H,15,19)(H,16,20). The van der Waals surface area contributed by atoms with Gasteiger partial charge in [0.25, 0.3) is 0 Å². The van der Waals surface area contributed by atoms with E-state index in [-0.39, 0.29) is 31.5 Å². The van der Waals surface area contributed by atoms with Crippen LogP contribution in [0.5, 0.6) is 0 Å². The second-order valence-corrected chi connectivity index (χ2v) is 5.34. The van der Waals surface area contributed by atoms with Crippen molar-refractivity contribution in [2.24, 2.45) is 0 Å². The van der Waals surface area contributed by atoms with Crippen molar-refractivity contribution < 1.29 is 22.9 Å². The lowest BCUT2D eigenvalue weighted by Gasteiger charge is -2.13. The zero-order chi connectivity index (χ0) is 15.9. The number of hydrogen-bond acceptors (Lipinski definition) is 5. The fourth-order valence-corrected chi connectivity index (χ4v) is 1.86. The second kappa shape index (κ2) is 14.5. The third-order valence-corrected chi connectivity index (χ3v) is 3.20. The molecular formula is C13H25IN2O5. The number of aliphatic hydroxyl groups is 2. The van der Waals surface area contributed by atoms with Crippen molar-refractivity contribution in [1.82, 2.24) is 10.6 Å². The highest BCUT2D eigenvalue weighted by Gasteiger charge is 2.09. The van der Waals surface area contributed by atoms with Gasteiger partial charge in [-0.1, -0.05) is 0 Å². The predicted octanol–water partition coefficient (Wildman–Crippen LogP) is 0.279. The second-order valence-electron chi connectivity index (χ2n) is 4.71. The van der Waals surface area contributed by atoms with Gasteiger partial charge in [-0.2, -0.15) is 0 Å². The first-order chi connectivity index (χ1) is 10.1. The molecule has 4 N–H and O–H groups in total. The molecular weight excluding hydrogens is 391 g/mol. The van der Waals surface area contributed by atoms with Gasteiger partial charge >= 0.3 is 0 Å². The van der Waals surface area contributed by atoms with Crippen molar-refractivity contribution >= 4 is 34.8 Å². The molecule has 0 radical (unpaired) electrons. The molecule has 1 unspecified atom stereocenters. The monoisotopic (exact) mass is 416 g/mol. The summed E-state index contributed by atoms with van der Waals surface area (Å²) >= 11 is 1.81. The molecule has 0 bridgehead atoms. The van der Waals surface area contributed by atoms with Gasteiger partial charge in [-0.05, 0) is 25.7 Å². The summed E-state index contributed by atoms with van der Waals surface area (Å²) in [7, 11) is 0. The van der Waals surface area contributed by atoms with Gasteiger partial charge in [0.1, 0.15) is 23.0 Å². The molecule has 0 aliphatic heterocycles. The number of aliphatic hydroxyl groups excluding tert-OH is 2. The highest BCUT2D eigenvalue weighted by atomic mass is 127. The molecule has 0 rings (SSSR count). The van der Waals surface area contributed by atoms with Gasteiger partial charge in [0.15, 0.2) is 0 Å². The van der Waals surface area contributed by atoms with E-state index in [1.165, 1.54) is 0 Å². The predicted molar refractivity (Wildman–Crippen MR) is 86.8 cm³/mol. The van der Waals surface area contributed by atoms with E-state index in [0.29, 0.717) is 32.3 Å². The van der Waals surface area contributed by atoms with Crippen LogP contribution in [-0.2, 0) is 12.7 Å². The van der Waals surface area contributed by atoms with E-state index in [9.17, 15) is 14.7 Å². The first-order valence-corrected chi connectivity index (χ1v) is 8.04. The Morgan fingerprint density at radius 1 is 1.00 bits per heavy atom. The van der Waals surface area contributed by atoms with E-state index in [1.807, 2.05) is 23.0 Å². The molecule has 0 heterocycles. The topological polar surface area (TPSA) is 108 Å². The Morgan fingerprint density at radius 3 is 2.00 bits per heavy atom. The number of carbonyl (C=O) groups is 2. The van der Waals surface area contributed by atoms with E-state index >= 15 is 0 Å². The fourth-order valence-electron chi connectivity index (χ4n) is 1.55. The lowest BCUT2D eigenvalue weighted by molar-refractivity contribution is -0.121. The van der Waals surface area contributed by atoms with E-state index in [0.717, 1.165) is 12.8 Å². The Kier molecular flexibility index (Phi) is 14.2. The molecule has 0 aromatic rings. The third-order valence-electron chi connectivity index (χ3n) is 2.76. The normalized spacial score (nSPS) is 12.0. The lowest BCUT2D eigenvalue weighted by atomic mass is 10.2. The number of unbranched alkanes of at least 4 members (excludes halogenated alkanes) is 2. The molecule has 0 spiro atoms. The number of hydrogen-bond donors (Lipinski definition) is 4. The van der Waals surface area contributed by atoms with Crippen LogP contribution in [0.2, 0.25) is 0 Å². The maximum atomic E-state index is 11.4. The molecule has 8 heteroatoms. The Labute approximate surface area is 139 Å². The van der Waals surface area contributed by atoms with E-state index in [4.69, 9.17) is 8.17 Å². The van der Waals surface area contributed by atoms with Gasteiger partial charge in [0.2, 0.25) is 11.8 Å². The molecule has 21 heavy (non-hydrogen) atoms. The number of nitrogens with one attached hydrogen (secondary N) is 2. The highest BCUT2D eigenvalue weighted by molar-refractivity contribution is 14.1. The van der Waals surface area contributed by atoms with Crippen molar-refractivity contribution in [3.8, 4) is 0 Å². The molecule has 0 saturated carbocycles. The minimum atomic E-state index is -0.798. The van der Waals surface area contributed by atoms with Crippen molar-refractivity contribution in [2.75, 3.05) is 26.3 Å². The van der Waals surface area contributed by atoms with Gasteiger partial charge in [0, 0.05) is 32.5 Å². The minimum Gasteiger partial charge on any atom is -0.396 e. The smallest absolute Gasteiger partial charge is 0.220 e. The van der Waals surface area contributed by atoms with Crippen molar-refractivity contribution in [3.63, 3.8) is 0 Å². The first kappa shape index (κ1) is 20.6. The van der Waals surface area contributed by atoms with Crippen molar-refractivity contribution in [1.29, 1.82) is 0 Å². The van der Waals surface area contributed by atoms with Gasteiger partial charge in [0.05, 0.1) is 12.7 Å². The quantitative estimate of drug-likeness (QED) is 0.255. The first-order valence-electron chi connectivity index (χ1n) is 7.16. The SMILES string of the molecule is O=C(CCCCO)NCC(O)CNC(=O)CCCCOI. The van der Waals surface area contributed by atoms with Crippen LogP contribution in [0.1, 0.15) is 38.5 Å². The summed E-state index contributed by atoms with van der Waals surface area (Å²) in [4.78, 5) is 22.8. The Hall–Kier alpha value is -0.450. The summed E-state index contributed by atoms with van der Waals surface area (Å²) in [6.45, 7) is 0.935. The van der Waals surface area contributed by atoms with Gasteiger partial charge in [-0.25, -0.2) is 0 Å². The lowest BCUT2D eigenvalue weighted by Crippen LogP contribution is -2.39. The number of amides is 2. The molecule has 0 aliphatic carbocycles. The van der Waals surface area contributed by atoms with E-state index < -0.39 is 6.10 Å². The zero-order valence-electron chi connectivity index (χ0n) is 12.1. The fraction of sp³-hybridized carbons (Fsp3) is 0.846. The molecule has 2 amide bonds. The Bertz CT molecular complexity index is 292. The molecule has 1 atom stereocenters. The Morgan fingerprint density at radius 2 is 1.52 bits per heavy atom. The number of halogens is 1. The number of carbonyl (C=O) groups excluding carboxylic acids is 2. The van der Waals surface area contributed by atoms with Crippen LogP contribution in [0.25, 0.3) is 0 Å². The van der Waals surface area contributed by atoms with Crippen LogP contribution in [0, 0.1) is 0 Å². The largest absolute Gasteiger partial charge is 0.396 e. The Balaban J connectivity index is 3.54. The summed E-state index contributed by atoms with van der Waals surface area (Å²) in [6.07, 6.45) is 2.71. The van der Waals surface area contributed by atoms with Crippen LogP contribution < -0.4 is 10.6 Å². The maximum absolute atomic E-state index is 11.4. The molecule has 0 aromatic heterocycles. The van der Waals surface area contributed by atoms with Gasteiger partial charge in [-0.15, -0.1) is 0 Å². The molecule has 7 nitrogen and oxygen atoms in total. The van der Waals surface area contributed by atoms with Crippen LogP contribution in [0.15, 0.2) is 0 Å². The molecule has 124 valence electrons. The third kappa shape index (κ3) is 14.3. The minimum absolute atomic E-state index is 0.0753. The summed E-state index contributed by atoms with van der Waals surface area (Å²) < 4.78 is 4.86. The van der Waals surface area contributed by atoms with Gasteiger partial charge < -0.3 is 23.9 Å². The molecule has 0 saturated heterocycles. The molecule has 0 aromatic carbocycles. The van der Waals surface area contributed by atoms with Crippen molar-refractivity contribution in [2.45, 2.75) is 44.6 Å². The zero-order valence-corrected chi connectivity index (χ0v) is 14.3. The van der Waals surface area contributed by atoms with Crippen LogP contribution in [-0.4, -0.2) is 54.4 Å². The summed E-state index contributed by atoms with van der Waals surface area (Å²) in [5, 5.41) is 23.4. The van der Waals surface area contributed by atoms with E-state index in [1.54, 1.807) is 0 Å². The van der Waals surface area contributed by atoms with Gasteiger partial charge in [-0.3, -0.25) is 9.59 Å². The average Bonchev–Trinajstić information content (AvgIpc) is 2.47. The van der Waals surface area contributed by atoms with Crippen LogP contribution in [0.3, 0.4) is 0 Å². The van der Waals surface area contributed by atoms with Crippen LogP contribution >= 0.6 is 23.0 Å². The summed E-state index contributed by atoms with van der Waals surface area (Å²) in [5.74, 6) is -0.274. The average molecular weight is 416 g/mol. The number of rotatable bonds is 13. The van der Waals surface area contributed by atoms with E-state index in [2.05, 4.69) is 10.6 Å². The molecule has 0 fully saturated rings. The summed E-state index contributed by atoms with van der Waals surface area (Å²) in [6, 6.07) is 0. The van der Waals surface area contributed by atoms with Crippen LogP contribution in [0.4, 0.5) is 0 Å². The maximum Gasteiger partial charge on any atom is 0.220 e.